The molecule has 0 bridgehead atoms. The normalized spacial score (nSPS) is 24.9. The molecule has 1 saturated heterocycles. The van der Waals surface area contributed by atoms with Crippen LogP contribution in [-0.2, 0) is 0 Å². The molecule has 1 fully saturated rings. The van der Waals surface area contributed by atoms with E-state index in [1.54, 1.807) is 0 Å². The average molecular weight is 281 g/mol. The van der Waals surface area contributed by atoms with E-state index < -0.39 is 0 Å². The topological polar surface area (TPSA) is 15.3 Å². The van der Waals surface area contributed by atoms with E-state index in [0.717, 1.165) is 18.1 Å². The van der Waals surface area contributed by atoms with Crippen molar-refractivity contribution in [3.8, 4) is 0 Å². The van der Waals surface area contributed by atoms with E-state index in [4.69, 9.17) is 11.6 Å². The van der Waals surface area contributed by atoms with Gasteiger partial charge in [-0.05, 0) is 57.5 Å². The molecule has 0 saturated carbocycles. The van der Waals surface area contributed by atoms with Crippen LogP contribution in [0.5, 0.6) is 0 Å². The Morgan fingerprint density at radius 2 is 2.05 bits per heavy atom. The van der Waals surface area contributed by atoms with E-state index in [9.17, 15) is 0 Å². The van der Waals surface area contributed by atoms with Crippen molar-refractivity contribution in [1.29, 1.82) is 0 Å². The second-order valence-corrected chi connectivity index (χ2v) is 6.24. The smallest absolute Gasteiger partial charge is 0.0406 e. The fourth-order valence-corrected chi connectivity index (χ4v) is 3.15. The zero-order valence-electron chi connectivity index (χ0n) is 12.2. The summed E-state index contributed by atoms with van der Waals surface area (Å²) >= 11 is 5.95. The minimum absolute atomic E-state index is 0.315. The van der Waals surface area contributed by atoms with Gasteiger partial charge in [-0.3, -0.25) is 4.90 Å². The molecule has 106 valence electrons. The quantitative estimate of drug-likeness (QED) is 0.881. The highest BCUT2D eigenvalue weighted by Gasteiger charge is 2.33. The van der Waals surface area contributed by atoms with Crippen LogP contribution >= 0.6 is 11.6 Å². The lowest BCUT2D eigenvalue weighted by Gasteiger charge is -2.36. The van der Waals surface area contributed by atoms with Crippen molar-refractivity contribution in [1.82, 2.24) is 10.2 Å². The van der Waals surface area contributed by atoms with Gasteiger partial charge in [0, 0.05) is 23.1 Å². The molecule has 0 aromatic heterocycles. The predicted octanol–water partition coefficient (Wildman–Crippen LogP) is 3.87. The van der Waals surface area contributed by atoms with Crippen molar-refractivity contribution in [2.75, 3.05) is 20.1 Å². The summed E-state index contributed by atoms with van der Waals surface area (Å²) in [5.74, 6) is 0. The van der Waals surface area contributed by atoms with E-state index in [-0.39, 0.29) is 0 Å². The first-order chi connectivity index (χ1) is 9.06. The fraction of sp³-hybridized carbons (Fsp3) is 0.625. The van der Waals surface area contributed by atoms with E-state index in [1.807, 2.05) is 12.1 Å². The zero-order chi connectivity index (χ0) is 13.9. The van der Waals surface area contributed by atoms with Gasteiger partial charge in [-0.1, -0.05) is 30.7 Å². The highest BCUT2D eigenvalue weighted by Crippen LogP contribution is 2.28. The second kappa shape index (κ2) is 6.25. The Bertz CT molecular complexity index is 396. The van der Waals surface area contributed by atoms with Crippen LogP contribution in [0.1, 0.15) is 44.7 Å². The maximum atomic E-state index is 5.95. The molecule has 0 spiro atoms. The van der Waals surface area contributed by atoms with Gasteiger partial charge < -0.3 is 5.32 Å². The highest BCUT2D eigenvalue weighted by atomic mass is 35.5. The monoisotopic (exact) mass is 280 g/mol. The second-order valence-electron chi connectivity index (χ2n) is 5.81. The Labute approximate surface area is 122 Å². The number of nitrogens with one attached hydrogen (secondary N) is 1. The number of nitrogens with zero attached hydrogens (tertiary/aromatic N) is 1. The summed E-state index contributed by atoms with van der Waals surface area (Å²) in [7, 11) is 2.22. The summed E-state index contributed by atoms with van der Waals surface area (Å²) in [6, 6.07) is 8.63. The summed E-state index contributed by atoms with van der Waals surface area (Å²) in [4.78, 5) is 2.45. The average Bonchev–Trinajstić information content (AvgIpc) is 2.88. The fourth-order valence-electron chi connectivity index (χ4n) is 3.03. The molecule has 0 amide bonds. The molecule has 1 aliphatic rings. The van der Waals surface area contributed by atoms with Crippen LogP contribution in [0.15, 0.2) is 24.3 Å². The molecular formula is C16H25ClN2. The molecule has 1 heterocycles. The molecule has 1 aliphatic heterocycles. The minimum Gasteiger partial charge on any atom is -0.310 e. The van der Waals surface area contributed by atoms with Gasteiger partial charge in [0.1, 0.15) is 0 Å². The lowest BCUT2D eigenvalue weighted by Crippen LogP contribution is -2.48. The molecule has 1 N–H and O–H groups in total. The molecule has 3 heteroatoms. The number of hydrogen-bond acceptors (Lipinski definition) is 2. The van der Waals surface area contributed by atoms with E-state index in [0.29, 0.717) is 11.6 Å². The van der Waals surface area contributed by atoms with Gasteiger partial charge in [-0.2, -0.15) is 0 Å². The molecule has 2 nitrogen and oxygen atoms in total. The number of hydrogen-bond donors (Lipinski definition) is 1. The predicted molar refractivity (Wildman–Crippen MR) is 82.8 cm³/mol. The van der Waals surface area contributed by atoms with Gasteiger partial charge in [0.15, 0.2) is 0 Å². The molecule has 0 aliphatic carbocycles. The summed E-state index contributed by atoms with van der Waals surface area (Å²) < 4.78 is 0. The van der Waals surface area contributed by atoms with Gasteiger partial charge in [0.25, 0.3) is 0 Å². The maximum absolute atomic E-state index is 5.95. The Kier molecular flexibility index (Phi) is 4.88. The highest BCUT2D eigenvalue weighted by molar-refractivity contribution is 6.30. The van der Waals surface area contributed by atoms with Crippen LogP contribution in [0.2, 0.25) is 5.02 Å². The molecule has 2 rings (SSSR count). The maximum Gasteiger partial charge on any atom is 0.0406 e. The van der Waals surface area contributed by atoms with Crippen molar-refractivity contribution in [3.63, 3.8) is 0 Å². The third-order valence-electron chi connectivity index (χ3n) is 4.57. The first kappa shape index (κ1) is 14.8. The van der Waals surface area contributed by atoms with Crippen molar-refractivity contribution < 1.29 is 0 Å². The SMILES string of the molecule is CCC1(CN(C)C(C)c2ccc(Cl)cc2)CCCN1. The van der Waals surface area contributed by atoms with Crippen LogP contribution in [0.25, 0.3) is 0 Å². The molecule has 2 atom stereocenters. The lowest BCUT2D eigenvalue weighted by molar-refractivity contribution is 0.179. The Hall–Kier alpha value is -0.570. The molecule has 2 unspecified atom stereocenters. The van der Waals surface area contributed by atoms with Crippen LogP contribution in [-0.4, -0.2) is 30.6 Å². The van der Waals surface area contributed by atoms with E-state index in [2.05, 4.69) is 43.2 Å². The molecular weight excluding hydrogens is 256 g/mol. The number of rotatable bonds is 5. The first-order valence-corrected chi connectivity index (χ1v) is 7.65. The Balaban J connectivity index is 2.02. The van der Waals surface area contributed by atoms with Gasteiger partial charge >= 0.3 is 0 Å². The van der Waals surface area contributed by atoms with E-state index >= 15 is 0 Å². The van der Waals surface area contributed by atoms with Gasteiger partial charge in [0.2, 0.25) is 0 Å². The van der Waals surface area contributed by atoms with Crippen molar-refractivity contribution in [3.05, 3.63) is 34.9 Å². The Morgan fingerprint density at radius 1 is 1.37 bits per heavy atom. The summed E-state index contributed by atoms with van der Waals surface area (Å²) in [5.41, 5.74) is 1.64. The summed E-state index contributed by atoms with van der Waals surface area (Å²) in [6.07, 6.45) is 3.79. The first-order valence-electron chi connectivity index (χ1n) is 7.27. The van der Waals surface area contributed by atoms with Gasteiger partial charge in [0.05, 0.1) is 0 Å². The number of halogens is 1. The zero-order valence-corrected chi connectivity index (χ0v) is 13.0. The lowest BCUT2D eigenvalue weighted by atomic mass is 9.92. The van der Waals surface area contributed by atoms with Crippen LogP contribution < -0.4 is 5.32 Å². The third kappa shape index (κ3) is 3.50. The van der Waals surface area contributed by atoms with Crippen molar-refractivity contribution >= 4 is 11.6 Å². The molecule has 0 radical (unpaired) electrons. The number of likely N-dealkylation sites (N-methyl/N-ethyl adjacent to an activating group) is 1. The van der Waals surface area contributed by atoms with Gasteiger partial charge in [-0.15, -0.1) is 0 Å². The minimum atomic E-state index is 0.315. The van der Waals surface area contributed by atoms with Crippen LogP contribution in [0, 0.1) is 0 Å². The van der Waals surface area contributed by atoms with Crippen molar-refractivity contribution in [2.24, 2.45) is 0 Å². The van der Waals surface area contributed by atoms with Crippen LogP contribution in [0.4, 0.5) is 0 Å². The van der Waals surface area contributed by atoms with Crippen molar-refractivity contribution in [2.45, 2.75) is 44.7 Å². The largest absolute Gasteiger partial charge is 0.310 e. The standard InChI is InChI=1S/C16H25ClN2/c1-4-16(10-5-11-18-16)12-19(3)13(2)14-6-8-15(17)9-7-14/h6-9,13,18H,4-5,10-12H2,1-3H3. The molecule has 19 heavy (non-hydrogen) atoms. The molecule has 1 aromatic rings. The summed E-state index contributed by atoms with van der Waals surface area (Å²) in [6.45, 7) is 6.82. The number of benzene rings is 1. The Morgan fingerprint density at radius 3 is 2.58 bits per heavy atom. The summed E-state index contributed by atoms with van der Waals surface area (Å²) in [5, 5.41) is 4.51. The third-order valence-corrected chi connectivity index (χ3v) is 4.83. The van der Waals surface area contributed by atoms with E-state index in [1.165, 1.54) is 24.8 Å². The van der Waals surface area contributed by atoms with Crippen LogP contribution in [0.3, 0.4) is 0 Å². The van der Waals surface area contributed by atoms with Gasteiger partial charge in [-0.25, -0.2) is 0 Å². The molecule has 1 aromatic carbocycles.